The van der Waals surface area contributed by atoms with Crippen LogP contribution in [0.4, 0.5) is 0 Å². The summed E-state index contributed by atoms with van der Waals surface area (Å²) in [6.45, 7) is 0. The van der Waals surface area contributed by atoms with Crippen molar-refractivity contribution in [2.45, 2.75) is 18.8 Å². The van der Waals surface area contributed by atoms with Crippen LogP contribution in [0.3, 0.4) is 0 Å². The summed E-state index contributed by atoms with van der Waals surface area (Å²) in [5, 5.41) is 18.3. The quantitative estimate of drug-likeness (QED) is 0.557. The van der Waals surface area contributed by atoms with Gasteiger partial charge in [0.15, 0.2) is 0 Å². The van der Waals surface area contributed by atoms with Crippen molar-refractivity contribution in [3.05, 3.63) is 29.3 Å². The van der Waals surface area contributed by atoms with Crippen LogP contribution in [0.1, 0.15) is 34.7 Å². The summed E-state index contributed by atoms with van der Waals surface area (Å²) in [5.41, 5.74) is 1.69. The van der Waals surface area contributed by atoms with Gasteiger partial charge in [-0.15, -0.1) is 0 Å². The highest BCUT2D eigenvalue weighted by Gasteiger charge is 2.26. The van der Waals surface area contributed by atoms with Crippen LogP contribution in [0, 0.1) is 0 Å². The van der Waals surface area contributed by atoms with Crippen LogP contribution in [-0.2, 0) is 4.74 Å². The maximum Gasteiger partial charge on any atom is 0.488 e. The van der Waals surface area contributed by atoms with Gasteiger partial charge in [-0.3, -0.25) is 0 Å². The largest absolute Gasteiger partial charge is 0.488 e. The van der Waals surface area contributed by atoms with Gasteiger partial charge in [-0.25, -0.2) is 4.79 Å². The normalized spacial score (nSPS) is 14.7. The van der Waals surface area contributed by atoms with E-state index in [1.165, 1.54) is 13.2 Å². The molecule has 0 amide bonds. The Morgan fingerprint density at radius 3 is 2.56 bits per heavy atom. The average molecular weight is 220 g/mol. The minimum atomic E-state index is -1.55. The topological polar surface area (TPSA) is 66.8 Å². The number of ether oxygens (including phenoxy) is 1. The third kappa shape index (κ3) is 2.26. The highest BCUT2D eigenvalue weighted by Crippen LogP contribution is 2.39. The van der Waals surface area contributed by atoms with E-state index in [0.717, 1.165) is 18.4 Å². The first-order chi connectivity index (χ1) is 7.61. The number of carbonyl (C=O) groups is 1. The summed E-state index contributed by atoms with van der Waals surface area (Å²) < 4.78 is 4.62. The number of hydrogen-bond acceptors (Lipinski definition) is 4. The number of carbonyl (C=O) groups excluding carboxylic acids is 1. The Hall–Kier alpha value is -1.33. The van der Waals surface area contributed by atoms with Crippen molar-refractivity contribution < 1.29 is 19.6 Å². The molecule has 0 bridgehead atoms. The van der Waals surface area contributed by atoms with E-state index in [1.807, 2.05) is 0 Å². The van der Waals surface area contributed by atoms with E-state index in [2.05, 4.69) is 4.74 Å². The van der Waals surface area contributed by atoms with Gasteiger partial charge in [0.05, 0.1) is 12.7 Å². The molecule has 0 radical (unpaired) electrons. The van der Waals surface area contributed by atoms with Crippen molar-refractivity contribution in [3.63, 3.8) is 0 Å². The number of methoxy groups -OCH3 is 1. The molecule has 5 heteroatoms. The standard InChI is InChI=1S/C11H13BO4/c1-16-11(13)9-4-8(7-2-3-7)5-10(6-9)12(14)15/h4-7,14-15H,2-3H2,1H3. The van der Waals surface area contributed by atoms with E-state index in [4.69, 9.17) is 10.0 Å². The van der Waals surface area contributed by atoms with Crippen molar-refractivity contribution in [2.75, 3.05) is 7.11 Å². The molecule has 0 unspecified atom stereocenters. The Morgan fingerprint density at radius 2 is 2.06 bits per heavy atom. The molecule has 0 atom stereocenters. The van der Waals surface area contributed by atoms with E-state index in [0.29, 0.717) is 16.9 Å². The van der Waals surface area contributed by atoms with Crippen molar-refractivity contribution in [2.24, 2.45) is 0 Å². The lowest BCUT2D eigenvalue weighted by Gasteiger charge is -2.07. The van der Waals surface area contributed by atoms with Gasteiger partial charge in [0.1, 0.15) is 0 Å². The second-order valence-corrected chi connectivity index (χ2v) is 4.03. The molecule has 1 aromatic carbocycles. The predicted molar refractivity (Wildman–Crippen MR) is 59.6 cm³/mol. The van der Waals surface area contributed by atoms with Gasteiger partial charge in [0.25, 0.3) is 0 Å². The van der Waals surface area contributed by atoms with Crippen molar-refractivity contribution in [1.29, 1.82) is 0 Å². The maximum absolute atomic E-state index is 11.4. The molecular formula is C11H13BO4. The molecule has 0 aliphatic heterocycles. The average Bonchev–Trinajstić information content (AvgIpc) is 3.11. The van der Waals surface area contributed by atoms with E-state index >= 15 is 0 Å². The lowest BCUT2D eigenvalue weighted by molar-refractivity contribution is 0.0600. The molecule has 1 aliphatic rings. The highest BCUT2D eigenvalue weighted by atomic mass is 16.5. The summed E-state index contributed by atoms with van der Waals surface area (Å²) in [7, 11) is -0.247. The summed E-state index contributed by atoms with van der Waals surface area (Å²) in [4.78, 5) is 11.4. The number of rotatable bonds is 3. The first-order valence-corrected chi connectivity index (χ1v) is 5.21. The summed E-state index contributed by atoms with van der Waals surface area (Å²) in [6, 6.07) is 4.94. The summed E-state index contributed by atoms with van der Waals surface area (Å²) in [6.07, 6.45) is 2.18. The fourth-order valence-electron chi connectivity index (χ4n) is 1.71. The number of esters is 1. The monoisotopic (exact) mass is 220 g/mol. The first-order valence-electron chi connectivity index (χ1n) is 5.21. The summed E-state index contributed by atoms with van der Waals surface area (Å²) in [5.74, 6) is -0.00786. The van der Waals surface area contributed by atoms with E-state index in [9.17, 15) is 4.79 Å². The van der Waals surface area contributed by atoms with E-state index in [-0.39, 0.29) is 0 Å². The Bertz CT molecular complexity index is 392. The van der Waals surface area contributed by atoms with Gasteiger partial charge in [-0.1, -0.05) is 6.07 Å². The van der Waals surface area contributed by atoms with Gasteiger partial charge in [-0.2, -0.15) is 0 Å². The van der Waals surface area contributed by atoms with Gasteiger partial charge < -0.3 is 14.8 Å². The molecule has 0 spiro atoms. The third-order valence-corrected chi connectivity index (χ3v) is 2.75. The lowest BCUT2D eigenvalue weighted by atomic mass is 9.78. The zero-order valence-electron chi connectivity index (χ0n) is 9.01. The molecule has 2 rings (SSSR count). The fraction of sp³-hybridized carbons (Fsp3) is 0.364. The zero-order valence-corrected chi connectivity index (χ0v) is 9.01. The molecule has 0 saturated heterocycles. The van der Waals surface area contributed by atoms with Crippen LogP contribution in [-0.4, -0.2) is 30.2 Å². The minimum Gasteiger partial charge on any atom is -0.465 e. The van der Waals surface area contributed by atoms with Crippen molar-refractivity contribution in [3.8, 4) is 0 Å². The number of hydrogen-bond donors (Lipinski definition) is 2. The van der Waals surface area contributed by atoms with Crippen LogP contribution in [0.5, 0.6) is 0 Å². The molecular weight excluding hydrogens is 207 g/mol. The molecule has 0 aromatic heterocycles. The maximum atomic E-state index is 11.4. The molecule has 1 aromatic rings. The number of benzene rings is 1. The van der Waals surface area contributed by atoms with E-state index < -0.39 is 13.1 Å². The first kappa shape index (κ1) is 11.2. The molecule has 1 saturated carbocycles. The van der Waals surface area contributed by atoms with Crippen LogP contribution >= 0.6 is 0 Å². The Balaban J connectivity index is 2.40. The van der Waals surface area contributed by atoms with Crippen LogP contribution < -0.4 is 5.46 Å². The van der Waals surface area contributed by atoms with Gasteiger partial charge in [-0.05, 0) is 41.9 Å². The lowest BCUT2D eigenvalue weighted by Crippen LogP contribution is -2.31. The van der Waals surface area contributed by atoms with Gasteiger partial charge in [0.2, 0.25) is 0 Å². The van der Waals surface area contributed by atoms with Crippen LogP contribution in [0.15, 0.2) is 18.2 Å². The molecule has 84 valence electrons. The van der Waals surface area contributed by atoms with Crippen molar-refractivity contribution >= 4 is 18.6 Å². The molecule has 1 fully saturated rings. The smallest absolute Gasteiger partial charge is 0.465 e. The van der Waals surface area contributed by atoms with E-state index in [1.54, 1.807) is 12.1 Å². The Labute approximate surface area is 94.0 Å². The molecule has 2 N–H and O–H groups in total. The summed E-state index contributed by atoms with van der Waals surface area (Å²) >= 11 is 0. The van der Waals surface area contributed by atoms with Crippen molar-refractivity contribution in [1.82, 2.24) is 0 Å². The fourth-order valence-corrected chi connectivity index (χ4v) is 1.71. The van der Waals surface area contributed by atoms with Crippen LogP contribution in [0.2, 0.25) is 0 Å². The predicted octanol–water partition coefficient (Wildman–Crippen LogP) is 0.0304. The molecule has 1 aliphatic carbocycles. The SMILES string of the molecule is COC(=O)c1cc(B(O)O)cc(C2CC2)c1. The van der Waals surface area contributed by atoms with Crippen LogP contribution in [0.25, 0.3) is 0 Å². The minimum absolute atomic E-state index is 0.338. The molecule has 16 heavy (non-hydrogen) atoms. The molecule has 0 heterocycles. The highest BCUT2D eigenvalue weighted by molar-refractivity contribution is 6.58. The molecule has 4 nitrogen and oxygen atoms in total. The second-order valence-electron chi connectivity index (χ2n) is 4.03. The Morgan fingerprint density at radius 1 is 1.38 bits per heavy atom. The second kappa shape index (κ2) is 4.27. The zero-order chi connectivity index (χ0) is 11.7. The third-order valence-electron chi connectivity index (χ3n) is 2.75. The van der Waals surface area contributed by atoms with Gasteiger partial charge >= 0.3 is 13.1 Å². The Kier molecular flexibility index (Phi) is 2.98. The van der Waals surface area contributed by atoms with Gasteiger partial charge in [0, 0.05) is 0 Å².